The van der Waals surface area contributed by atoms with Gasteiger partial charge in [0, 0.05) is 19.6 Å². The van der Waals surface area contributed by atoms with Gasteiger partial charge in [-0.15, -0.1) is 0 Å². The molecule has 2 heterocycles. The fraction of sp³-hybridized carbons (Fsp3) is 0.929. The van der Waals surface area contributed by atoms with Crippen molar-refractivity contribution in [1.29, 1.82) is 0 Å². The van der Waals surface area contributed by atoms with Crippen LogP contribution in [-0.2, 0) is 4.79 Å². The molecule has 0 radical (unpaired) electrons. The lowest BCUT2D eigenvalue weighted by atomic mass is 9.97. The molecule has 0 aromatic heterocycles. The minimum Gasteiger partial charge on any atom is -0.341 e. The second-order valence-corrected chi connectivity index (χ2v) is 6.20. The van der Waals surface area contributed by atoms with Crippen molar-refractivity contribution in [1.82, 2.24) is 9.80 Å². The highest BCUT2D eigenvalue weighted by molar-refractivity contribution is 5.78. The van der Waals surface area contributed by atoms with E-state index in [1.54, 1.807) is 0 Å². The van der Waals surface area contributed by atoms with Crippen LogP contribution in [0.3, 0.4) is 0 Å². The van der Waals surface area contributed by atoms with Crippen molar-refractivity contribution in [2.45, 2.75) is 38.8 Å². The summed E-state index contributed by atoms with van der Waals surface area (Å²) in [4.78, 5) is 15.6. The van der Waals surface area contributed by atoms with Crippen LogP contribution in [0, 0.1) is 11.8 Å². The summed E-state index contributed by atoms with van der Waals surface area (Å²) in [5, 5.41) is 0. The van der Waals surface area contributed by atoms with Gasteiger partial charge < -0.3 is 4.90 Å². The molecule has 0 saturated carbocycles. The molecule has 2 rings (SSSR count). The van der Waals surface area contributed by atoms with Gasteiger partial charge in [0.25, 0.3) is 0 Å². The second-order valence-electron chi connectivity index (χ2n) is 6.20. The summed E-state index contributed by atoms with van der Waals surface area (Å²) in [6, 6.07) is 0. The van der Waals surface area contributed by atoms with Crippen LogP contribution >= 0.6 is 0 Å². The Morgan fingerprint density at radius 2 is 1.85 bits per heavy atom. The summed E-state index contributed by atoms with van der Waals surface area (Å²) in [5.74, 6) is -0.922. The smallest absolute Gasteiger partial charge is 0.341 e. The zero-order valence-corrected chi connectivity index (χ0v) is 12.0. The Morgan fingerprint density at radius 1 is 1.15 bits per heavy atom. The Bertz CT molecular complexity index is 346. The molecule has 0 aromatic carbocycles. The Morgan fingerprint density at radius 3 is 2.50 bits per heavy atom. The van der Waals surface area contributed by atoms with Gasteiger partial charge in [-0.3, -0.25) is 9.69 Å². The lowest BCUT2D eigenvalue weighted by Crippen LogP contribution is -2.49. The van der Waals surface area contributed by atoms with Gasteiger partial charge in [-0.1, -0.05) is 6.92 Å². The lowest BCUT2D eigenvalue weighted by molar-refractivity contribution is -0.188. The number of hydrogen-bond acceptors (Lipinski definition) is 2. The largest absolute Gasteiger partial charge is 0.393 e. The highest BCUT2D eigenvalue weighted by atomic mass is 19.4. The van der Waals surface area contributed by atoms with Crippen LogP contribution < -0.4 is 0 Å². The molecule has 2 aliphatic heterocycles. The maximum absolute atomic E-state index is 12.7. The van der Waals surface area contributed by atoms with Crippen LogP contribution in [0.2, 0.25) is 0 Å². The number of amides is 1. The molecule has 116 valence electrons. The fourth-order valence-electron chi connectivity index (χ4n) is 3.19. The first kappa shape index (κ1) is 15.6. The van der Waals surface area contributed by atoms with Crippen molar-refractivity contribution < 1.29 is 18.0 Å². The standard InChI is InChI=1S/C14H23F3N2O/c1-11-4-2-6-18(8-11)10-13(20)19-7-3-5-12(9-19)14(15,16)17/h11-12H,2-10H2,1H3. The SMILES string of the molecule is CC1CCCN(CC(=O)N2CCCC(C(F)(F)F)C2)C1. The first-order valence-corrected chi connectivity index (χ1v) is 7.43. The molecule has 0 spiro atoms. The highest BCUT2D eigenvalue weighted by Crippen LogP contribution is 2.33. The molecular weight excluding hydrogens is 269 g/mol. The zero-order chi connectivity index (χ0) is 14.8. The van der Waals surface area contributed by atoms with E-state index in [0.29, 0.717) is 18.9 Å². The van der Waals surface area contributed by atoms with Crippen LogP contribution in [0.4, 0.5) is 13.2 Å². The van der Waals surface area contributed by atoms with Crippen molar-refractivity contribution in [3.63, 3.8) is 0 Å². The number of hydrogen-bond donors (Lipinski definition) is 0. The Hall–Kier alpha value is -0.780. The van der Waals surface area contributed by atoms with Gasteiger partial charge in [0.05, 0.1) is 12.5 Å². The van der Waals surface area contributed by atoms with Gasteiger partial charge in [-0.05, 0) is 38.1 Å². The van der Waals surface area contributed by atoms with Gasteiger partial charge >= 0.3 is 6.18 Å². The van der Waals surface area contributed by atoms with Crippen LogP contribution in [0.15, 0.2) is 0 Å². The molecule has 2 aliphatic rings. The van der Waals surface area contributed by atoms with E-state index in [1.807, 2.05) is 0 Å². The zero-order valence-electron chi connectivity index (χ0n) is 12.0. The Balaban J connectivity index is 1.85. The van der Waals surface area contributed by atoms with E-state index in [0.717, 1.165) is 19.5 Å². The highest BCUT2D eigenvalue weighted by Gasteiger charge is 2.42. The van der Waals surface area contributed by atoms with Crippen LogP contribution in [0.25, 0.3) is 0 Å². The molecule has 2 unspecified atom stereocenters. The number of carbonyl (C=O) groups excluding carboxylic acids is 1. The van der Waals surface area contributed by atoms with E-state index in [4.69, 9.17) is 0 Å². The van der Waals surface area contributed by atoms with Gasteiger partial charge in [0.2, 0.25) is 5.91 Å². The van der Waals surface area contributed by atoms with E-state index in [-0.39, 0.29) is 25.4 Å². The minimum atomic E-state index is -4.18. The molecule has 20 heavy (non-hydrogen) atoms. The maximum Gasteiger partial charge on any atom is 0.393 e. The van der Waals surface area contributed by atoms with E-state index >= 15 is 0 Å². The normalized spacial score (nSPS) is 29.5. The van der Waals surface area contributed by atoms with Gasteiger partial charge in [0.1, 0.15) is 0 Å². The molecule has 2 atom stereocenters. The van der Waals surface area contributed by atoms with Gasteiger partial charge in [-0.25, -0.2) is 0 Å². The molecule has 6 heteroatoms. The second kappa shape index (κ2) is 6.33. The van der Waals surface area contributed by atoms with E-state index in [9.17, 15) is 18.0 Å². The van der Waals surface area contributed by atoms with E-state index in [2.05, 4.69) is 11.8 Å². The predicted octanol–water partition coefficient (Wildman–Crippen LogP) is 2.52. The monoisotopic (exact) mass is 292 g/mol. The van der Waals surface area contributed by atoms with Gasteiger partial charge in [-0.2, -0.15) is 13.2 Å². The maximum atomic E-state index is 12.7. The van der Waals surface area contributed by atoms with Crippen LogP contribution in [0.5, 0.6) is 0 Å². The van der Waals surface area contributed by atoms with Gasteiger partial charge in [0.15, 0.2) is 0 Å². The molecule has 0 N–H and O–H groups in total. The molecule has 0 aliphatic carbocycles. The number of halogens is 3. The van der Waals surface area contributed by atoms with Crippen molar-refractivity contribution in [2.75, 3.05) is 32.7 Å². The quantitative estimate of drug-likeness (QED) is 0.781. The van der Waals surface area contributed by atoms with Crippen LogP contribution in [-0.4, -0.2) is 54.6 Å². The van der Waals surface area contributed by atoms with Crippen molar-refractivity contribution in [3.8, 4) is 0 Å². The summed E-state index contributed by atoms with van der Waals surface area (Å²) in [5.41, 5.74) is 0. The third-order valence-corrected chi connectivity index (χ3v) is 4.34. The third-order valence-electron chi connectivity index (χ3n) is 4.34. The number of piperidine rings is 2. The number of rotatable bonds is 2. The summed E-state index contributed by atoms with van der Waals surface area (Å²) in [6.07, 6.45) is -1.34. The third kappa shape index (κ3) is 4.11. The number of alkyl halides is 3. The topological polar surface area (TPSA) is 23.6 Å². The van der Waals surface area contributed by atoms with E-state index < -0.39 is 12.1 Å². The molecule has 0 aromatic rings. The molecule has 0 bridgehead atoms. The first-order valence-electron chi connectivity index (χ1n) is 7.43. The molecule has 2 saturated heterocycles. The molecule has 1 amide bonds. The van der Waals surface area contributed by atoms with Crippen molar-refractivity contribution in [2.24, 2.45) is 11.8 Å². The minimum absolute atomic E-state index is 0.145. The molecule has 3 nitrogen and oxygen atoms in total. The number of likely N-dealkylation sites (tertiary alicyclic amines) is 2. The Labute approximate surface area is 118 Å². The number of nitrogens with zero attached hydrogens (tertiary/aromatic N) is 2. The summed E-state index contributed by atoms with van der Waals surface area (Å²) in [7, 11) is 0. The van der Waals surface area contributed by atoms with Crippen molar-refractivity contribution in [3.05, 3.63) is 0 Å². The summed E-state index contributed by atoms with van der Waals surface area (Å²) in [6.45, 7) is 4.49. The van der Waals surface area contributed by atoms with Crippen molar-refractivity contribution >= 4 is 5.91 Å². The molecule has 2 fully saturated rings. The lowest BCUT2D eigenvalue weighted by Gasteiger charge is -2.36. The molecular formula is C14H23F3N2O. The number of carbonyl (C=O) groups is 1. The van der Waals surface area contributed by atoms with Crippen LogP contribution in [0.1, 0.15) is 32.6 Å². The fourth-order valence-corrected chi connectivity index (χ4v) is 3.19. The predicted molar refractivity (Wildman–Crippen MR) is 70.2 cm³/mol. The average molecular weight is 292 g/mol. The average Bonchev–Trinajstić information content (AvgIpc) is 2.38. The summed E-state index contributed by atoms with van der Waals surface area (Å²) >= 11 is 0. The Kier molecular flexibility index (Phi) is 4.94. The van der Waals surface area contributed by atoms with E-state index in [1.165, 1.54) is 11.3 Å². The first-order chi connectivity index (χ1) is 9.36. The summed E-state index contributed by atoms with van der Waals surface area (Å²) < 4.78 is 38.2.